The highest BCUT2D eigenvalue weighted by atomic mass is 35.5. The second kappa shape index (κ2) is 3.43. The lowest BCUT2D eigenvalue weighted by molar-refractivity contribution is 0.174. The average Bonchev–Trinajstić information content (AvgIpc) is 2.64. The minimum Gasteiger partial charge on any atom is -0.454 e. The van der Waals surface area contributed by atoms with Gasteiger partial charge in [0.15, 0.2) is 11.5 Å². The number of benzene rings is 1. The summed E-state index contributed by atoms with van der Waals surface area (Å²) in [4.78, 5) is 0. The topological polar surface area (TPSA) is 18.5 Å². The summed E-state index contributed by atoms with van der Waals surface area (Å²) >= 11 is 6.00. The van der Waals surface area contributed by atoms with Crippen LogP contribution in [0.4, 0.5) is 0 Å². The van der Waals surface area contributed by atoms with Crippen molar-refractivity contribution in [3.8, 4) is 23.8 Å². The highest BCUT2D eigenvalue weighted by molar-refractivity contribution is 6.32. The number of fused-ring (bicyclic) bond motifs is 1. The summed E-state index contributed by atoms with van der Waals surface area (Å²) in [5.74, 6) is 3.96. The third kappa shape index (κ3) is 1.40. The first-order chi connectivity index (χ1) is 6.72. The molecule has 0 amide bonds. The molecular weight excluding hydrogens is 200 g/mol. The first kappa shape index (κ1) is 9.23. The standard InChI is InChI=1S/C11H9ClO2/c1-3-7(2)8-4-9(12)11-10(5-8)13-6-14-11/h1,4-5,7H,6H2,2H3. The van der Waals surface area contributed by atoms with E-state index in [4.69, 9.17) is 27.5 Å². The van der Waals surface area contributed by atoms with Gasteiger partial charge in [-0.2, -0.15) is 0 Å². The van der Waals surface area contributed by atoms with Crippen molar-refractivity contribution >= 4 is 11.6 Å². The quantitative estimate of drug-likeness (QED) is 0.661. The van der Waals surface area contributed by atoms with E-state index in [1.165, 1.54) is 0 Å². The largest absolute Gasteiger partial charge is 0.454 e. The van der Waals surface area contributed by atoms with Crippen molar-refractivity contribution in [1.82, 2.24) is 0 Å². The number of halogens is 1. The fourth-order valence-corrected chi connectivity index (χ4v) is 1.61. The van der Waals surface area contributed by atoms with Crippen LogP contribution in [-0.4, -0.2) is 6.79 Å². The zero-order valence-electron chi connectivity index (χ0n) is 7.71. The molecule has 0 aliphatic carbocycles. The molecule has 1 unspecified atom stereocenters. The van der Waals surface area contributed by atoms with Crippen LogP contribution >= 0.6 is 11.6 Å². The summed E-state index contributed by atoms with van der Waals surface area (Å²) in [6.07, 6.45) is 5.33. The predicted molar refractivity (Wildman–Crippen MR) is 54.8 cm³/mol. The molecule has 0 saturated heterocycles. The maximum atomic E-state index is 6.00. The smallest absolute Gasteiger partial charge is 0.231 e. The van der Waals surface area contributed by atoms with E-state index in [0.717, 1.165) is 5.56 Å². The van der Waals surface area contributed by atoms with Gasteiger partial charge in [0.25, 0.3) is 0 Å². The van der Waals surface area contributed by atoms with Crippen molar-refractivity contribution in [2.24, 2.45) is 0 Å². The van der Waals surface area contributed by atoms with Gasteiger partial charge in [-0.3, -0.25) is 0 Å². The van der Waals surface area contributed by atoms with E-state index in [1.807, 2.05) is 19.1 Å². The van der Waals surface area contributed by atoms with Crippen molar-refractivity contribution in [2.75, 3.05) is 6.79 Å². The lowest BCUT2D eigenvalue weighted by Gasteiger charge is -2.06. The fourth-order valence-electron chi connectivity index (χ4n) is 1.33. The zero-order valence-corrected chi connectivity index (χ0v) is 8.47. The van der Waals surface area contributed by atoms with Crippen LogP contribution in [-0.2, 0) is 0 Å². The van der Waals surface area contributed by atoms with Gasteiger partial charge in [0.05, 0.1) is 5.02 Å². The van der Waals surface area contributed by atoms with Gasteiger partial charge < -0.3 is 9.47 Å². The van der Waals surface area contributed by atoms with Gasteiger partial charge in [0.1, 0.15) is 0 Å². The number of hydrogen-bond acceptors (Lipinski definition) is 2. The van der Waals surface area contributed by atoms with E-state index in [2.05, 4.69) is 5.92 Å². The molecule has 14 heavy (non-hydrogen) atoms. The molecule has 72 valence electrons. The molecule has 1 aromatic rings. The number of ether oxygens (including phenoxy) is 2. The Hall–Kier alpha value is -1.33. The molecule has 2 nitrogen and oxygen atoms in total. The van der Waals surface area contributed by atoms with Crippen LogP contribution in [0.2, 0.25) is 5.02 Å². The molecule has 0 spiro atoms. The van der Waals surface area contributed by atoms with E-state index in [-0.39, 0.29) is 12.7 Å². The molecule has 1 aromatic carbocycles. The van der Waals surface area contributed by atoms with E-state index in [1.54, 1.807) is 0 Å². The Bertz CT molecular complexity index is 406. The van der Waals surface area contributed by atoms with Crippen LogP contribution in [0.15, 0.2) is 12.1 Å². The average molecular weight is 209 g/mol. The molecule has 0 saturated carbocycles. The van der Waals surface area contributed by atoms with Crippen molar-refractivity contribution < 1.29 is 9.47 Å². The Morgan fingerprint density at radius 1 is 1.50 bits per heavy atom. The van der Waals surface area contributed by atoms with Crippen LogP contribution in [0.5, 0.6) is 11.5 Å². The van der Waals surface area contributed by atoms with Crippen LogP contribution in [0, 0.1) is 12.3 Å². The van der Waals surface area contributed by atoms with Gasteiger partial charge in [-0.1, -0.05) is 17.5 Å². The molecule has 1 aliphatic heterocycles. The first-order valence-electron chi connectivity index (χ1n) is 4.27. The third-order valence-corrected chi connectivity index (χ3v) is 2.48. The van der Waals surface area contributed by atoms with Crippen molar-refractivity contribution in [3.63, 3.8) is 0 Å². The van der Waals surface area contributed by atoms with E-state index in [9.17, 15) is 0 Å². The minimum absolute atomic E-state index is 0.0296. The number of rotatable bonds is 1. The monoisotopic (exact) mass is 208 g/mol. The Labute approximate surface area is 87.8 Å². The van der Waals surface area contributed by atoms with Gasteiger partial charge in [-0.05, 0) is 24.6 Å². The Morgan fingerprint density at radius 3 is 3.00 bits per heavy atom. The molecule has 1 aliphatic rings. The molecule has 0 fully saturated rings. The molecule has 0 N–H and O–H groups in total. The van der Waals surface area contributed by atoms with Gasteiger partial charge in [0.2, 0.25) is 6.79 Å². The zero-order chi connectivity index (χ0) is 10.1. The summed E-state index contributed by atoms with van der Waals surface area (Å²) in [6.45, 7) is 2.16. The van der Waals surface area contributed by atoms with Gasteiger partial charge >= 0.3 is 0 Å². The third-order valence-electron chi connectivity index (χ3n) is 2.20. The highest BCUT2D eigenvalue weighted by Gasteiger charge is 2.19. The van der Waals surface area contributed by atoms with Gasteiger partial charge in [-0.25, -0.2) is 0 Å². The normalized spacial score (nSPS) is 14.9. The molecular formula is C11H9ClO2. The van der Waals surface area contributed by atoms with Gasteiger partial charge in [-0.15, -0.1) is 6.42 Å². The van der Waals surface area contributed by atoms with Gasteiger partial charge in [0, 0.05) is 5.92 Å². The summed E-state index contributed by atoms with van der Waals surface area (Å²) in [7, 11) is 0. The Morgan fingerprint density at radius 2 is 2.29 bits per heavy atom. The van der Waals surface area contributed by atoms with Crippen molar-refractivity contribution in [3.05, 3.63) is 22.7 Å². The van der Waals surface area contributed by atoms with E-state index in [0.29, 0.717) is 16.5 Å². The van der Waals surface area contributed by atoms with Crippen LogP contribution in [0.1, 0.15) is 18.4 Å². The van der Waals surface area contributed by atoms with Crippen molar-refractivity contribution in [2.45, 2.75) is 12.8 Å². The van der Waals surface area contributed by atoms with Crippen molar-refractivity contribution in [1.29, 1.82) is 0 Å². The number of terminal acetylenes is 1. The minimum atomic E-state index is 0.0296. The SMILES string of the molecule is C#CC(C)c1cc(Cl)c2c(c1)OCO2. The predicted octanol–water partition coefficient (Wildman–Crippen LogP) is 2.81. The van der Waals surface area contributed by atoms with Crippen LogP contribution < -0.4 is 9.47 Å². The van der Waals surface area contributed by atoms with Crippen LogP contribution in [0.25, 0.3) is 0 Å². The maximum absolute atomic E-state index is 6.00. The Kier molecular flexibility index (Phi) is 2.26. The highest BCUT2D eigenvalue weighted by Crippen LogP contribution is 2.41. The van der Waals surface area contributed by atoms with E-state index >= 15 is 0 Å². The molecule has 0 aromatic heterocycles. The lowest BCUT2D eigenvalue weighted by atomic mass is 10.0. The summed E-state index contributed by atoms with van der Waals surface area (Å²) in [5, 5.41) is 0.553. The second-order valence-electron chi connectivity index (χ2n) is 3.12. The second-order valence-corrected chi connectivity index (χ2v) is 3.53. The lowest BCUT2D eigenvalue weighted by Crippen LogP contribution is -1.93. The molecule has 1 atom stereocenters. The maximum Gasteiger partial charge on any atom is 0.231 e. The first-order valence-corrected chi connectivity index (χ1v) is 4.65. The summed E-state index contributed by atoms with van der Waals surface area (Å²) in [6, 6.07) is 3.69. The molecule has 2 rings (SSSR count). The van der Waals surface area contributed by atoms with Crippen LogP contribution in [0.3, 0.4) is 0 Å². The fraction of sp³-hybridized carbons (Fsp3) is 0.273. The Balaban J connectivity index is 2.48. The summed E-state index contributed by atoms with van der Waals surface area (Å²) in [5.41, 5.74) is 0.974. The number of hydrogen-bond donors (Lipinski definition) is 0. The van der Waals surface area contributed by atoms with E-state index < -0.39 is 0 Å². The molecule has 1 heterocycles. The molecule has 0 bridgehead atoms. The molecule has 3 heteroatoms. The molecule has 0 radical (unpaired) electrons. The summed E-state index contributed by atoms with van der Waals surface area (Å²) < 4.78 is 10.4.